The molecule has 8 heteroatoms. The highest BCUT2D eigenvalue weighted by molar-refractivity contribution is 5.96. The molecule has 8 nitrogen and oxygen atoms in total. The molecule has 0 aromatic heterocycles. The Hall–Kier alpha value is -2.32. The normalized spacial score (nSPS) is 18.1. The number of hydrogen-bond acceptors (Lipinski definition) is 6. The highest BCUT2D eigenvalue weighted by Gasteiger charge is 2.40. The van der Waals surface area contributed by atoms with Crippen LogP contribution in [0.2, 0.25) is 0 Å². The molecular weight excluding hydrogens is 364 g/mol. The third-order valence-electron chi connectivity index (χ3n) is 5.19. The number of carbonyl (C=O) groups is 2. The molecule has 0 radical (unpaired) electrons. The highest BCUT2D eigenvalue weighted by Crippen LogP contribution is 2.31. The van der Waals surface area contributed by atoms with E-state index in [0.717, 1.165) is 5.56 Å². The van der Waals surface area contributed by atoms with E-state index < -0.39 is 5.79 Å². The minimum absolute atomic E-state index is 0.138. The number of piperidine rings is 1. The lowest BCUT2D eigenvalue weighted by Gasteiger charge is -2.37. The predicted octanol–water partition coefficient (Wildman–Crippen LogP) is 1.12. The Kier molecular flexibility index (Phi) is 6.74. The molecular formula is C20H28N2O6. The predicted molar refractivity (Wildman–Crippen MR) is 101 cm³/mol. The van der Waals surface area contributed by atoms with Gasteiger partial charge in [-0.05, 0) is 24.1 Å². The summed E-state index contributed by atoms with van der Waals surface area (Å²) in [5, 5.41) is 2.81. The Bertz CT molecular complexity index is 692. The molecule has 2 heterocycles. The molecule has 2 saturated heterocycles. The van der Waals surface area contributed by atoms with E-state index >= 15 is 0 Å². The zero-order valence-electron chi connectivity index (χ0n) is 16.5. The maximum Gasteiger partial charge on any atom is 0.232 e. The van der Waals surface area contributed by atoms with E-state index in [1.54, 1.807) is 19.1 Å². The Morgan fingerprint density at radius 2 is 1.79 bits per heavy atom. The summed E-state index contributed by atoms with van der Waals surface area (Å²) in [5.41, 5.74) is 1.02. The minimum Gasteiger partial charge on any atom is -0.493 e. The zero-order chi connectivity index (χ0) is 20.0. The molecule has 2 amide bonds. The van der Waals surface area contributed by atoms with Crippen LogP contribution >= 0.6 is 0 Å². The first-order chi connectivity index (χ1) is 13.5. The molecule has 1 aromatic rings. The molecule has 0 aliphatic carbocycles. The van der Waals surface area contributed by atoms with Crippen LogP contribution in [0.25, 0.3) is 0 Å². The number of methoxy groups -OCH3 is 2. The smallest absolute Gasteiger partial charge is 0.232 e. The fourth-order valence-corrected chi connectivity index (χ4v) is 3.58. The van der Waals surface area contributed by atoms with Gasteiger partial charge in [-0.3, -0.25) is 9.59 Å². The van der Waals surface area contributed by atoms with Crippen LogP contribution in [-0.2, 0) is 25.5 Å². The van der Waals surface area contributed by atoms with Crippen LogP contribution in [0.4, 0.5) is 0 Å². The lowest BCUT2D eigenvalue weighted by Crippen LogP contribution is -2.48. The zero-order valence-corrected chi connectivity index (χ0v) is 16.5. The van der Waals surface area contributed by atoms with Gasteiger partial charge < -0.3 is 29.2 Å². The van der Waals surface area contributed by atoms with E-state index in [1.807, 2.05) is 18.2 Å². The van der Waals surface area contributed by atoms with Gasteiger partial charge in [0.1, 0.15) is 6.42 Å². The van der Waals surface area contributed by atoms with Gasteiger partial charge in [0.2, 0.25) is 11.8 Å². The fourth-order valence-electron chi connectivity index (χ4n) is 3.58. The Morgan fingerprint density at radius 3 is 2.43 bits per heavy atom. The number of carbonyl (C=O) groups excluding carboxylic acids is 2. The first-order valence-corrected chi connectivity index (χ1v) is 9.58. The third kappa shape index (κ3) is 4.94. The quantitative estimate of drug-likeness (QED) is 0.700. The van der Waals surface area contributed by atoms with Crippen LogP contribution in [0.15, 0.2) is 18.2 Å². The molecule has 28 heavy (non-hydrogen) atoms. The number of benzene rings is 1. The van der Waals surface area contributed by atoms with Gasteiger partial charge in [-0.25, -0.2) is 0 Å². The van der Waals surface area contributed by atoms with Gasteiger partial charge in [-0.2, -0.15) is 0 Å². The van der Waals surface area contributed by atoms with Crippen molar-refractivity contribution < 1.29 is 28.5 Å². The van der Waals surface area contributed by atoms with Crippen molar-refractivity contribution in [3.05, 3.63) is 23.8 Å². The number of nitrogens with one attached hydrogen (secondary N) is 1. The van der Waals surface area contributed by atoms with Crippen molar-refractivity contribution in [1.82, 2.24) is 10.2 Å². The van der Waals surface area contributed by atoms with Gasteiger partial charge in [0.15, 0.2) is 17.3 Å². The molecule has 0 saturated carbocycles. The molecule has 1 N–H and O–H groups in total. The van der Waals surface area contributed by atoms with Crippen molar-refractivity contribution in [3.8, 4) is 11.5 Å². The standard InChI is InChI=1S/C20H28N2O6/c1-25-16-4-3-15(13-17(16)26-2)5-8-21-18(23)14-19(24)22-9-6-20(7-10-22)27-11-12-28-20/h3-4,13H,5-12,14H2,1-2H3,(H,21,23). The van der Waals surface area contributed by atoms with Crippen molar-refractivity contribution >= 4 is 11.8 Å². The van der Waals surface area contributed by atoms with E-state index in [0.29, 0.717) is 63.6 Å². The van der Waals surface area contributed by atoms with E-state index in [1.165, 1.54) is 0 Å². The van der Waals surface area contributed by atoms with Crippen molar-refractivity contribution in [1.29, 1.82) is 0 Å². The Labute approximate surface area is 165 Å². The maximum absolute atomic E-state index is 12.4. The Morgan fingerprint density at radius 1 is 1.11 bits per heavy atom. The summed E-state index contributed by atoms with van der Waals surface area (Å²) in [6, 6.07) is 5.64. The van der Waals surface area contributed by atoms with Gasteiger partial charge in [-0.15, -0.1) is 0 Å². The molecule has 0 atom stereocenters. The van der Waals surface area contributed by atoms with Gasteiger partial charge in [0.25, 0.3) is 0 Å². The summed E-state index contributed by atoms with van der Waals surface area (Å²) in [6.45, 7) is 2.77. The molecule has 2 aliphatic rings. The van der Waals surface area contributed by atoms with Crippen LogP contribution in [0.3, 0.4) is 0 Å². The van der Waals surface area contributed by atoms with E-state index in [-0.39, 0.29) is 18.2 Å². The first-order valence-electron chi connectivity index (χ1n) is 9.58. The third-order valence-corrected chi connectivity index (χ3v) is 5.19. The second-order valence-electron chi connectivity index (χ2n) is 6.95. The van der Waals surface area contributed by atoms with Crippen molar-refractivity contribution in [3.63, 3.8) is 0 Å². The minimum atomic E-state index is -0.515. The number of rotatable bonds is 7. The summed E-state index contributed by atoms with van der Waals surface area (Å²) in [7, 11) is 3.17. The first kappa shape index (κ1) is 20.4. The van der Waals surface area contributed by atoms with Crippen molar-refractivity contribution in [2.75, 3.05) is 47.1 Å². The van der Waals surface area contributed by atoms with Crippen LogP contribution in [0.5, 0.6) is 11.5 Å². The summed E-state index contributed by atoms with van der Waals surface area (Å²) in [6.07, 6.45) is 1.81. The highest BCUT2D eigenvalue weighted by atomic mass is 16.7. The molecule has 2 fully saturated rings. The van der Waals surface area contributed by atoms with E-state index in [4.69, 9.17) is 18.9 Å². The number of nitrogens with zero attached hydrogens (tertiary/aromatic N) is 1. The lowest BCUT2D eigenvalue weighted by atomic mass is 10.0. The average Bonchev–Trinajstić information content (AvgIpc) is 3.16. The summed E-state index contributed by atoms with van der Waals surface area (Å²) < 4.78 is 21.8. The van der Waals surface area contributed by atoms with Crippen LogP contribution in [0.1, 0.15) is 24.8 Å². The maximum atomic E-state index is 12.4. The SMILES string of the molecule is COc1ccc(CCNC(=O)CC(=O)N2CCC3(CC2)OCCO3)cc1OC. The van der Waals surface area contributed by atoms with Crippen LogP contribution in [0, 0.1) is 0 Å². The number of likely N-dealkylation sites (tertiary alicyclic amines) is 1. The topological polar surface area (TPSA) is 86.3 Å². The molecule has 154 valence electrons. The lowest BCUT2D eigenvalue weighted by molar-refractivity contribution is -0.187. The largest absolute Gasteiger partial charge is 0.493 e. The van der Waals surface area contributed by atoms with E-state index in [2.05, 4.69) is 5.32 Å². The van der Waals surface area contributed by atoms with Crippen LogP contribution < -0.4 is 14.8 Å². The van der Waals surface area contributed by atoms with Gasteiger partial charge in [-0.1, -0.05) is 6.07 Å². The molecule has 0 unspecified atom stereocenters. The van der Waals surface area contributed by atoms with Gasteiger partial charge >= 0.3 is 0 Å². The molecule has 0 bridgehead atoms. The molecule has 1 spiro atoms. The summed E-state index contributed by atoms with van der Waals surface area (Å²) in [5.74, 6) is 0.381. The summed E-state index contributed by atoms with van der Waals surface area (Å²) in [4.78, 5) is 26.2. The number of hydrogen-bond donors (Lipinski definition) is 1. The molecule has 2 aliphatic heterocycles. The fraction of sp³-hybridized carbons (Fsp3) is 0.600. The summed E-state index contributed by atoms with van der Waals surface area (Å²) >= 11 is 0. The van der Waals surface area contributed by atoms with E-state index in [9.17, 15) is 9.59 Å². The second kappa shape index (κ2) is 9.25. The van der Waals surface area contributed by atoms with Crippen molar-refractivity contribution in [2.45, 2.75) is 31.5 Å². The second-order valence-corrected chi connectivity index (χ2v) is 6.95. The molecule has 1 aromatic carbocycles. The number of ether oxygens (including phenoxy) is 4. The molecule has 3 rings (SSSR count). The van der Waals surface area contributed by atoms with Crippen LogP contribution in [-0.4, -0.2) is 69.6 Å². The Balaban J connectivity index is 1.39. The van der Waals surface area contributed by atoms with Gasteiger partial charge in [0.05, 0.1) is 27.4 Å². The van der Waals surface area contributed by atoms with Crippen molar-refractivity contribution in [2.24, 2.45) is 0 Å². The average molecular weight is 392 g/mol. The monoisotopic (exact) mass is 392 g/mol. The van der Waals surface area contributed by atoms with Gasteiger partial charge in [0, 0.05) is 32.5 Å². The number of amides is 2.